The molecule has 0 fully saturated rings. The van der Waals surface area contributed by atoms with Crippen molar-refractivity contribution < 1.29 is 9.32 Å². The van der Waals surface area contributed by atoms with Crippen LogP contribution in [0.3, 0.4) is 0 Å². The third-order valence-corrected chi connectivity index (χ3v) is 1.85. The third-order valence-electron chi connectivity index (χ3n) is 1.30. The highest BCUT2D eigenvalue weighted by Crippen LogP contribution is 2.05. The van der Waals surface area contributed by atoms with Gasteiger partial charge in [0, 0.05) is 0 Å². The first-order valence-electron chi connectivity index (χ1n) is 2.95. The van der Waals surface area contributed by atoms with Gasteiger partial charge in [0.2, 0.25) is 0 Å². The van der Waals surface area contributed by atoms with E-state index in [2.05, 4.69) is 0 Å². The van der Waals surface area contributed by atoms with E-state index >= 15 is 0 Å². The van der Waals surface area contributed by atoms with E-state index in [-0.39, 0.29) is 0 Å². The van der Waals surface area contributed by atoms with E-state index in [1.54, 1.807) is 18.2 Å². The quantitative estimate of drug-likeness (QED) is 0.510. The van der Waals surface area contributed by atoms with E-state index in [0.717, 1.165) is 5.57 Å². The lowest BCUT2D eigenvalue weighted by molar-refractivity contribution is 0.291. The van der Waals surface area contributed by atoms with Crippen LogP contribution in [0.2, 0.25) is 0 Å². The summed E-state index contributed by atoms with van der Waals surface area (Å²) in [6.07, 6.45) is 4.41. The minimum Gasteiger partial charge on any atom is -0.383 e. The van der Waals surface area contributed by atoms with Gasteiger partial charge < -0.3 is 5.11 Å². The smallest absolute Gasteiger partial charge is 0.110 e. The standard InChI is InChI=1S/C7H8O2S/c1-5-2-3-6(8)7(4-5)10-9/h2-4,6,8H,1H3. The first-order chi connectivity index (χ1) is 4.74. The Bertz CT molecular complexity index is 246. The van der Waals surface area contributed by atoms with E-state index < -0.39 is 6.10 Å². The van der Waals surface area contributed by atoms with Gasteiger partial charge in [0.05, 0.1) is 16.1 Å². The molecular weight excluding hydrogens is 148 g/mol. The molecule has 1 rings (SSSR count). The molecule has 0 saturated heterocycles. The molecule has 1 aliphatic carbocycles. The molecule has 0 amide bonds. The number of allylic oxidation sites excluding steroid dienone is 2. The van der Waals surface area contributed by atoms with Crippen LogP contribution in [0.25, 0.3) is 0 Å². The molecule has 1 aliphatic rings. The minimum absolute atomic E-state index is 0.347. The lowest BCUT2D eigenvalue weighted by Gasteiger charge is -2.07. The minimum atomic E-state index is -0.689. The summed E-state index contributed by atoms with van der Waals surface area (Å²) in [6, 6.07) is 0. The molecule has 1 unspecified atom stereocenters. The Morgan fingerprint density at radius 3 is 2.90 bits per heavy atom. The van der Waals surface area contributed by atoms with Crippen molar-refractivity contribution >= 4 is 16.1 Å². The highest BCUT2D eigenvalue weighted by molar-refractivity contribution is 7.67. The Balaban J connectivity index is 2.98. The number of hydrogen-bond donors (Lipinski definition) is 1. The highest BCUT2D eigenvalue weighted by Gasteiger charge is 2.09. The van der Waals surface area contributed by atoms with Crippen molar-refractivity contribution in [3.05, 3.63) is 23.8 Å². The fraction of sp³-hybridized carbons (Fsp3) is 0.286. The van der Waals surface area contributed by atoms with E-state index in [1.807, 2.05) is 6.92 Å². The van der Waals surface area contributed by atoms with Gasteiger partial charge in [-0.1, -0.05) is 17.7 Å². The molecule has 1 N–H and O–H groups in total. The normalized spacial score (nSPS) is 24.4. The van der Waals surface area contributed by atoms with Crippen molar-refractivity contribution in [1.82, 2.24) is 0 Å². The Morgan fingerprint density at radius 2 is 2.40 bits per heavy atom. The molecule has 2 nitrogen and oxygen atoms in total. The number of aliphatic hydroxyl groups excluding tert-OH is 1. The first-order valence-corrected chi connectivity index (χ1v) is 3.69. The summed E-state index contributed by atoms with van der Waals surface area (Å²) in [5.41, 5.74) is 1.00. The zero-order valence-electron chi connectivity index (χ0n) is 5.57. The van der Waals surface area contributed by atoms with E-state index in [1.165, 1.54) is 0 Å². The van der Waals surface area contributed by atoms with Crippen LogP contribution in [0.15, 0.2) is 23.8 Å². The van der Waals surface area contributed by atoms with Gasteiger partial charge in [-0.15, -0.1) is 0 Å². The van der Waals surface area contributed by atoms with Crippen molar-refractivity contribution in [1.29, 1.82) is 0 Å². The maximum Gasteiger partial charge on any atom is 0.110 e. The van der Waals surface area contributed by atoms with Crippen molar-refractivity contribution in [3.8, 4) is 0 Å². The predicted molar refractivity (Wildman–Crippen MR) is 42.1 cm³/mol. The second-order valence-corrected chi connectivity index (χ2v) is 2.82. The van der Waals surface area contributed by atoms with Crippen LogP contribution in [0.5, 0.6) is 0 Å². The molecular formula is C7H8O2S. The molecule has 0 radical (unpaired) electrons. The predicted octanol–water partition coefficient (Wildman–Crippen LogP) is 0.249. The van der Waals surface area contributed by atoms with Crippen molar-refractivity contribution in [2.75, 3.05) is 0 Å². The topological polar surface area (TPSA) is 37.3 Å². The summed E-state index contributed by atoms with van der Waals surface area (Å²) in [5.74, 6) is 0. The molecule has 0 spiro atoms. The molecule has 54 valence electrons. The summed E-state index contributed by atoms with van der Waals surface area (Å²) in [6.45, 7) is 1.89. The monoisotopic (exact) mass is 156 g/mol. The fourth-order valence-electron chi connectivity index (χ4n) is 0.769. The Hall–Kier alpha value is -0.670. The summed E-state index contributed by atoms with van der Waals surface area (Å²) < 4.78 is 10.3. The maximum absolute atomic E-state index is 10.3. The van der Waals surface area contributed by atoms with Crippen LogP contribution in [0.1, 0.15) is 6.92 Å². The summed E-state index contributed by atoms with van der Waals surface area (Å²) >= 11 is 0.347. The van der Waals surface area contributed by atoms with E-state index in [4.69, 9.17) is 5.11 Å². The molecule has 0 aromatic heterocycles. The highest BCUT2D eigenvalue weighted by atomic mass is 32.1. The Kier molecular flexibility index (Phi) is 2.19. The van der Waals surface area contributed by atoms with Crippen molar-refractivity contribution in [3.63, 3.8) is 0 Å². The first kappa shape index (κ1) is 7.44. The summed E-state index contributed by atoms with van der Waals surface area (Å²) in [5, 5.41) is 9.10. The number of aliphatic hydroxyl groups is 1. The molecule has 0 aromatic carbocycles. The van der Waals surface area contributed by atoms with Crippen LogP contribution in [-0.2, 0) is 11.3 Å². The molecule has 0 bridgehead atoms. The zero-order valence-corrected chi connectivity index (χ0v) is 6.39. The fourth-order valence-corrected chi connectivity index (χ4v) is 1.18. The largest absolute Gasteiger partial charge is 0.383 e. The average Bonchev–Trinajstić information content (AvgIpc) is 1.94. The number of hydrogen-bond acceptors (Lipinski definition) is 2. The van der Waals surface area contributed by atoms with Gasteiger partial charge in [0.15, 0.2) is 0 Å². The van der Waals surface area contributed by atoms with Crippen LogP contribution in [0.4, 0.5) is 0 Å². The Morgan fingerprint density at radius 1 is 1.70 bits per heavy atom. The van der Waals surface area contributed by atoms with Gasteiger partial charge >= 0.3 is 0 Å². The van der Waals surface area contributed by atoms with Gasteiger partial charge in [-0.3, -0.25) is 0 Å². The second-order valence-electron chi connectivity index (χ2n) is 2.18. The van der Waals surface area contributed by atoms with Crippen LogP contribution in [-0.4, -0.2) is 20.3 Å². The van der Waals surface area contributed by atoms with Gasteiger partial charge in [0.25, 0.3) is 0 Å². The van der Waals surface area contributed by atoms with Crippen molar-refractivity contribution in [2.24, 2.45) is 0 Å². The second kappa shape index (κ2) is 2.94. The van der Waals surface area contributed by atoms with Crippen LogP contribution >= 0.6 is 0 Å². The third kappa shape index (κ3) is 1.43. The van der Waals surface area contributed by atoms with E-state index in [0.29, 0.717) is 16.1 Å². The number of rotatable bonds is 0. The lowest BCUT2D eigenvalue weighted by atomic mass is 10.1. The molecule has 0 aromatic rings. The van der Waals surface area contributed by atoms with Gasteiger partial charge in [-0.25, -0.2) is 4.21 Å². The lowest BCUT2D eigenvalue weighted by Crippen LogP contribution is -2.17. The molecule has 10 heavy (non-hydrogen) atoms. The van der Waals surface area contributed by atoms with E-state index in [9.17, 15) is 4.21 Å². The molecule has 1 atom stereocenters. The van der Waals surface area contributed by atoms with Crippen molar-refractivity contribution in [2.45, 2.75) is 13.0 Å². The van der Waals surface area contributed by atoms with Gasteiger partial charge in [-0.2, -0.15) is 0 Å². The summed E-state index contributed by atoms with van der Waals surface area (Å²) in [7, 11) is 0. The van der Waals surface area contributed by atoms with Gasteiger partial charge in [-0.05, 0) is 13.0 Å². The molecule has 0 aliphatic heterocycles. The van der Waals surface area contributed by atoms with Crippen LogP contribution in [0, 0.1) is 0 Å². The average molecular weight is 156 g/mol. The SMILES string of the molecule is CC1=CC(=S=O)C(O)C=C1. The van der Waals surface area contributed by atoms with Crippen LogP contribution < -0.4 is 0 Å². The molecule has 3 heteroatoms. The summed E-state index contributed by atoms with van der Waals surface area (Å²) in [4.78, 5) is 0.472. The molecule has 0 saturated carbocycles. The maximum atomic E-state index is 10.3. The molecule has 0 heterocycles. The Labute approximate surface area is 62.9 Å². The zero-order chi connectivity index (χ0) is 7.56. The van der Waals surface area contributed by atoms with Gasteiger partial charge in [0.1, 0.15) is 6.10 Å².